The highest BCUT2D eigenvalue weighted by molar-refractivity contribution is 7.99. The standard InChI is InChI=1S/C45H38BN3S/c1-29-24-40-42-41(25-29)49-43-36(44(2)22-7-8-23-45(44,49)3)18-11-19-38(43)46(42)37-21-20-33-28-39(37)48(40)32-15-10-17-35(27-32)50-34-16-9-14-31(26-34)47(33)30-12-5-4-6-13-30/h4-6,9-21,24-28H,7-8,22-23H2,1-3H3. The second-order valence-corrected chi connectivity index (χ2v) is 16.5. The first-order valence-corrected chi connectivity index (χ1v) is 19.0. The van der Waals surface area contributed by atoms with Crippen molar-refractivity contribution in [1.82, 2.24) is 0 Å². The predicted octanol–water partition coefficient (Wildman–Crippen LogP) is 10.3. The van der Waals surface area contributed by atoms with Crippen molar-refractivity contribution in [3.8, 4) is 0 Å². The zero-order valence-electron chi connectivity index (χ0n) is 28.8. The lowest BCUT2D eigenvalue weighted by Gasteiger charge is -2.53. The molecule has 4 aliphatic heterocycles. The molecule has 242 valence electrons. The summed E-state index contributed by atoms with van der Waals surface area (Å²) in [5, 5.41) is 0. The molecule has 0 radical (unpaired) electrons. The molecule has 0 saturated heterocycles. The van der Waals surface area contributed by atoms with E-state index < -0.39 is 0 Å². The topological polar surface area (TPSA) is 9.72 Å². The maximum atomic E-state index is 2.82. The molecule has 6 bridgehead atoms. The maximum Gasteiger partial charge on any atom is 0.252 e. The summed E-state index contributed by atoms with van der Waals surface area (Å²) in [5.41, 5.74) is 17.4. The van der Waals surface area contributed by atoms with Crippen molar-refractivity contribution in [2.24, 2.45) is 0 Å². The first-order chi connectivity index (χ1) is 24.4. The average molecular weight is 664 g/mol. The minimum atomic E-state index is 0.0294. The number of anilines is 8. The number of aryl methyl sites for hydroxylation is 1. The fraction of sp³-hybridized carbons (Fsp3) is 0.200. The van der Waals surface area contributed by atoms with Gasteiger partial charge < -0.3 is 14.7 Å². The van der Waals surface area contributed by atoms with Crippen molar-refractivity contribution in [3.05, 3.63) is 139 Å². The molecule has 0 spiro atoms. The molecule has 0 amide bonds. The number of nitrogens with zero attached hydrogens (tertiary/aromatic N) is 3. The largest absolute Gasteiger partial charge is 0.335 e. The number of para-hydroxylation sites is 2. The highest BCUT2D eigenvalue weighted by Crippen LogP contribution is 2.61. The van der Waals surface area contributed by atoms with Gasteiger partial charge in [-0.25, -0.2) is 0 Å². The van der Waals surface area contributed by atoms with E-state index in [1.165, 1.54) is 85.9 Å². The monoisotopic (exact) mass is 663 g/mol. The van der Waals surface area contributed by atoms with E-state index >= 15 is 0 Å². The molecule has 1 fully saturated rings. The summed E-state index contributed by atoms with van der Waals surface area (Å²) in [6.45, 7) is 7.58. The molecule has 2 atom stereocenters. The second kappa shape index (κ2) is 10.1. The number of fused-ring (bicyclic) bond motifs is 13. The van der Waals surface area contributed by atoms with Crippen LogP contribution in [0.5, 0.6) is 0 Å². The summed E-state index contributed by atoms with van der Waals surface area (Å²) in [4.78, 5) is 10.3. The van der Waals surface area contributed by atoms with Gasteiger partial charge in [0.2, 0.25) is 0 Å². The third-order valence-electron chi connectivity index (χ3n) is 12.7. The zero-order chi connectivity index (χ0) is 33.4. The third kappa shape index (κ3) is 3.69. The predicted molar refractivity (Wildman–Crippen MR) is 212 cm³/mol. The molecule has 1 saturated carbocycles. The van der Waals surface area contributed by atoms with Gasteiger partial charge in [-0.05, 0) is 127 Å². The van der Waals surface area contributed by atoms with E-state index in [4.69, 9.17) is 0 Å². The van der Waals surface area contributed by atoms with E-state index in [9.17, 15) is 0 Å². The van der Waals surface area contributed by atoms with Crippen LogP contribution >= 0.6 is 11.8 Å². The minimum absolute atomic E-state index is 0.0294. The van der Waals surface area contributed by atoms with Crippen LogP contribution < -0.4 is 31.1 Å². The van der Waals surface area contributed by atoms with Gasteiger partial charge in [-0.15, -0.1) is 0 Å². The number of hydrogen-bond acceptors (Lipinski definition) is 4. The number of benzene rings is 6. The van der Waals surface area contributed by atoms with E-state index in [0.717, 1.165) is 17.1 Å². The van der Waals surface area contributed by atoms with Gasteiger partial charge in [-0.2, -0.15) is 0 Å². The van der Waals surface area contributed by atoms with Crippen LogP contribution in [0, 0.1) is 6.92 Å². The molecule has 2 unspecified atom stereocenters. The summed E-state index contributed by atoms with van der Waals surface area (Å²) >= 11 is 1.84. The van der Waals surface area contributed by atoms with Crippen molar-refractivity contribution >= 4 is 80.4 Å². The summed E-state index contributed by atoms with van der Waals surface area (Å²) in [6, 6.07) is 48.5. The first-order valence-electron chi connectivity index (χ1n) is 18.2. The first kappa shape index (κ1) is 28.9. The molecule has 3 nitrogen and oxygen atoms in total. The fourth-order valence-corrected chi connectivity index (χ4v) is 11.3. The van der Waals surface area contributed by atoms with Crippen LogP contribution in [-0.4, -0.2) is 12.3 Å². The Morgan fingerprint density at radius 1 is 0.580 bits per heavy atom. The second-order valence-electron chi connectivity index (χ2n) is 15.4. The lowest BCUT2D eigenvalue weighted by Crippen LogP contribution is -2.64. The summed E-state index contributed by atoms with van der Waals surface area (Å²) in [5.74, 6) is 0. The van der Waals surface area contributed by atoms with Crippen molar-refractivity contribution < 1.29 is 0 Å². The Morgan fingerprint density at radius 2 is 1.26 bits per heavy atom. The molecular weight excluding hydrogens is 625 g/mol. The molecule has 4 heterocycles. The number of hydrogen-bond donors (Lipinski definition) is 0. The molecule has 1 aliphatic carbocycles. The van der Waals surface area contributed by atoms with E-state index in [-0.39, 0.29) is 17.7 Å². The van der Waals surface area contributed by atoms with Gasteiger partial charge in [0.25, 0.3) is 6.71 Å². The highest BCUT2D eigenvalue weighted by atomic mass is 32.2. The molecular formula is C45H38BN3S. The smallest absolute Gasteiger partial charge is 0.252 e. The maximum absolute atomic E-state index is 2.82. The van der Waals surface area contributed by atoms with E-state index in [1.807, 2.05) is 11.8 Å². The van der Waals surface area contributed by atoms with Crippen LogP contribution in [0.3, 0.4) is 0 Å². The van der Waals surface area contributed by atoms with Crippen LogP contribution in [0.15, 0.2) is 137 Å². The van der Waals surface area contributed by atoms with Gasteiger partial charge in [-0.1, -0.05) is 86.1 Å². The number of rotatable bonds is 1. The molecule has 11 rings (SSSR count). The molecule has 50 heavy (non-hydrogen) atoms. The summed E-state index contributed by atoms with van der Waals surface area (Å²) in [6.07, 6.45) is 5.03. The molecule has 6 aromatic rings. The molecule has 0 N–H and O–H groups in total. The van der Waals surface area contributed by atoms with E-state index in [0.29, 0.717) is 0 Å². The van der Waals surface area contributed by atoms with Gasteiger partial charge in [0.05, 0.1) is 5.54 Å². The lowest BCUT2D eigenvalue weighted by molar-refractivity contribution is 0.195. The van der Waals surface area contributed by atoms with Gasteiger partial charge in [0, 0.05) is 60.7 Å². The van der Waals surface area contributed by atoms with Crippen LogP contribution in [0.1, 0.15) is 50.7 Å². The van der Waals surface area contributed by atoms with E-state index in [1.54, 1.807) is 5.56 Å². The molecule has 0 aromatic heterocycles. The van der Waals surface area contributed by atoms with Crippen LogP contribution in [-0.2, 0) is 5.41 Å². The molecule has 6 aromatic carbocycles. The normalized spacial score (nSPS) is 21.9. The Labute approximate surface area is 299 Å². The Balaban J connectivity index is 1.24. The van der Waals surface area contributed by atoms with Gasteiger partial charge in [0.15, 0.2) is 0 Å². The van der Waals surface area contributed by atoms with Crippen LogP contribution in [0.2, 0.25) is 0 Å². The highest BCUT2D eigenvalue weighted by Gasteiger charge is 2.61. The lowest BCUT2D eigenvalue weighted by atomic mass is 9.33. The fourth-order valence-electron chi connectivity index (χ4n) is 10.4. The van der Waals surface area contributed by atoms with Crippen LogP contribution in [0.4, 0.5) is 45.5 Å². The minimum Gasteiger partial charge on any atom is -0.335 e. The summed E-state index contributed by atoms with van der Waals surface area (Å²) in [7, 11) is 0. The van der Waals surface area contributed by atoms with Gasteiger partial charge in [-0.3, -0.25) is 0 Å². The third-order valence-corrected chi connectivity index (χ3v) is 13.7. The molecule has 5 aliphatic rings. The quantitative estimate of drug-likeness (QED) is 0.162. The van der Waals surface area contributed by atoms with Gasteiger partial charge >= 0.3 is 0 Å². The van der Waals surface area contributed by atoms with Gasteiger partial charge in [0.1, 0.15) is 0 Å². The van der Waals surface area contributed by atoms with Crippen molar-refractivity contribution in [1.29, 1.82) is 0 Å². The SMILES string of the molecule is Cc1cc2c3c(c1)N1c4c(cccc4C4(C)CCCCC14C)B3c1ccc3cc1N2c1cccc(c1)Sc1cccc(c1)N3c1ccccc1. The Kier molecular flexibility index (Phi) is 5.85. The van der Waals surface area contributed by atoms with E-state index in [2.05, 4.69) is 163 Å². The Morgan fingerprint density at radius 3 is 2.06 bits per heavy atom. The Hall–Kier alpha value is -4.87. The summed E-state index contributed by atoms with van der Waals surface area (Å²) < 4.78 is 0. The Bertz CT molecular complexity index is 2410. The van der Waals surface area contributed by atoms with Crippen LogP contribution in [0.25, 0.3) is 0 Å². The molecule has 5 heteroatoms. The van der Waals surface area contributed by atoms with Crippen molar-refractivity contribution in [2.45, 2.75) is 67.2 Å². The zero-order valence-corrected chi connectivity index (χ0v) is 29.6. The average Bonchev–Trinajstić information content (AvgIpc) is 3.34. The van der Waals surface area contributed by atoms with Crippen molar-refractivity contribution in [2.75, 3.05) is 14.7 Å². The van der Waals surface area contributed by atoms with Crippen molar-refractivity contribution in [3.63, 3.8) is 0 Å².